The monoisotopic (exact) mass is 485 g/mol. The van der Waals surface area contributed by atoms with Crippen molar-refractivity contribution in [1.82, 2.24) is 14.8 Å². The molecule has 1 aliphatic heterocycles. The third-order valence-electron chi connectivity index (χ3n) is 6.82. The zero-order chi connectivity index (χ0) is 25.8. The van der Waals surface area contributed by atoms with E-state index in [4.69, 9.17) is 4.74 Å². The van der Waals surface area contributed by atoms with E-state index in [9.17, 15) is 19.8 Å². The molecule has 1 saturated carbocycles. The summed E-state index contributed by atoms with van der Waals surface area (Å²) in [6.07, 6.45) is 6.37. The number of carbonyl (C=O) groups excluding carboxylic acids is 2. The first-order chi connectivity index (χ1) is 16.5. The van der Waals surface area contributed by atoms with E-state index in [1.54, 1.807) is 36.6 Å². The van der Waals surface area contributed by atoms with E-state index in [0.717, 1.165) is 25.7 Å². The van der Waals surface area contributed by atoms with E-state index in [2.05, 4.69) is 16.8 Å². The lowest BCUT2D eigenvalue weighted by Crippen LogP contribution is -2.51. The summed E-state index contributed by atoms with van der Waals surface area (Å²) in [6, 6.07) is 1.22. The molecule has 8 heteroatoms. The molecule has 8 nitrogen and oxygen atoms in total. The molecule has 2 N–H and O–H groups in total. The van der Waals surface area contributed by atoms with Crippen LogP contribution in [0.4, 0.5) is 0 Å². The summed E-state index contributed by atoms with van der Waals surface area (Å²) in [7, 11) is 1.81. The van der Waals surface area contributed by atoms with Crippen LogP contribution in [0.1, 0.15) is 75.7 Å². The number of ether oxygens (including phenoxy) is 1. The van der Waals surface area contributed by atoms with Gasteiger partial charge in [0.15, 0.2) is 0 Å². The van der Waals surface area contributed by atoms with Crippen LogP contribution < -0.4 is 4.74 Å². The standard InChI is InChI=1S/C27H39N3O5/c1-18-15-30(19(2)17-31)26(33)22-13-20(11-12-27(3,4)34)14-28-24(22)35-23(18)16-29(5)25(32)21-9-7-6-8-10-21/h13-14,18-19,21,23,31,34H,6-10,15-17H2,1-5H3/t18-,19+,23+/m1/s1. The second-order valence-corrected chi connectivity index (χ2v) is 10.6. The molecule has 1 aromatic heterocycles. The summed E-state index contributed by atoms with van der Waals surface area (Å²) in [5, 5.41) is 19.7. The summed E-state index contributed by atoms with van der Waals surface area (Å²) in [5.41, 5.74) is -0.446. The number of fused-ring (bicyclic) bond motifs is 1. The molecular weight excluding hydrogens is 446 g/mol. The van der Waals surface area contributed by atoms with Crippen LogP contribution in [-0.4, -0.2) is 81.3 Å². The van der Waals surface area contributed by atoms with E-state index < -0.39 is 11.6 Å². The molecule has 1 aromatic rings. The van der Waals surface area contributed by atoms with E-state index in [1.807, 2.05) is 14.0 Å². The molecule has 35 heavy (non-hydrogen) atoms. The van der Waals surface area contributed by atoms with Crippen LogP contribution >= 0.6 is 0 Å². The maximum absolute atomic E-state index is 13.5. The number of aliphatic hydroxyl groups is 2. The SMILES string of the molecule is C[C@@H]1CN([C@@H](C)CO)C(=O)c2cc(C#CC(C)(C)O)cnc2O[C@H]1CN(C)C(=O)C1CCCCC1. The Hall–Kier alpha value is -2.63. The Morgan fingerprint density at radius 1 is 1.34 bits per heavy atom. The fraction of sp³-hybridized carbons (Fsp3) is 0.667. The van der Waals surface area contributed by atoms with Gasteiger partial charge in [0, 0.05) is 37.2 Å². The number of hydrogen-bond acceptors (Lipinski definition) is 6. The van der Waals surface area contributed by atoms with Crippen molar-refractivity contribution < 1.29 is 24.5 Å². The summed E-state index contributed by atoms with van der Waals surface area (Å²) in [6.45, 7) is 7.52. The van der Waals surface area contributed by atoms with Gasteiger partial charge < -0.3 is 24.7 Å². The van der Waals surface area contributed by atoms with E-state index in [1.165, 1.54) is 12.6 Å². The second kappa shape index (κ2) is 11.4. The maximum atomic E-state index is 13.5. The number of amides is 2. The van der Waals surface area contributed by atoms with Crippen molar-refractivity contribution in [1.29, 1.82) is 0 Å². The van der Waals surface area contributed by atoms with Crippen LogP contribution in [0.15, 0.2) is 12.3 Å². The number of aliphatic hydroxyl groups excluding tert-OH is 1. The lowest BCUT2D eigenvalue weighted by molar-refractivity contribution is -0.136. The molecule has 192 valence electrons. The van der Waals surface area contributed by atoms with Crippen LogP contribution in [0.25, 0.3) is 0 Å². The minimum Gasteiger partial charge on any atom is -0.472 e. The number of aromatic nitrogens is 1. The first kappa shape index (κ1) is 27.0. The molecule has 0 spiro atoms. The van der Waals surface area contributed by atoms with Gasteiger partial charge in [-0.25, -0.2) is 4.98 Å². The van der Waals surface area contributed by atoms with Crippen LogP contribution in [0.5, 0.6) is 5.88 Å². The summed E-state index contributed by atoms with van der Waals surface area (Å²) >= 11 is 0. The number of pyridine rings is 1. The highest BCUT2D eigenvalue weighted by Crippen LogP contribution is 2.29. The van der Waals surface area contributed by atoms with E-state index in [-0.39, 0.29) is 47.8 Å². The molecular formula is C27H39N3O5. The third-order valence-corrected chi connectivity index (χ3v) is 6.82. The van der Waals surface area contributed by atoms with Gasteiger partial charge in [-0.05, 0) is 39.7 Å². The molecule has 0 bridgehead atoms. The number of hydrogen-bond donors (Lipinski definition) is 2. The van der Waals surface area contributed by atoms with E-state index in [0.29, 0.717) is 18.7 Å². The van der Waals surface area contributed by atoms with Crippen molar-refractivity contribution in [3.8, 4) is 17.7 Å². The second-order valence-electron chi connectivity index (χ2n) is 10.6. The molecule has 0 unspecified atom stereocenters. The van der Waals surface area contributed by atoms with Crippen LogP contribution in [0.2, 0.25) is 0 Å². The molecule has 2 heterocycles. The van der Waals surface area contributed by atoms with Crippen LogP contribution in [-0.2, 0) is 4.79 Å². The van der Waals surface area contributed by atoms with Crippen molar-refractivity contribution in [3.05, 3.63) is 23.4 Å². The molecule has 1 aliphatic carbocycles. The maximum Gasteiger partial charge on any atom is 0.259 e. The van der Waals surface area contributed by atoms with Crippen molar-refractivity contribution in [2.75, 3.05) is 26.7 Å². The van der Waals surface area contributed by atoms with Gasteiger partial charge in [-0.2, -0.15) is 0 Å². The van der Waals surface area contributed by atoms with Crippen molar-refractivity contribution in [3.63, 3.8) is 0 Å². The molecule has 3 rings (SSSR count). The highest BCUT2D eigenvalue weighted by molar-refractivity contribution is 5.97. The minimum atomic E-state index is -1.18. The molecule has 1 fully saturated rings. The van der Waals surface area contributed by atoms with Gasteiger partial charge in [0.1, 0.15) is 17.3 Å². The lowest BCUT2D eigenvalue weighted by atomic mass is 9.88. The molecule has 3 atom stereocenters. The predicted molar refractivity (Wildman–Crippen MR) is 133 cm³/mol. The number of likely N-dealkylation sites (N-methyl/N-ethyl adjacent to an activating group) is 1. The quantitative estimate of drug-likeness (QED) is 0.621. The molecule has 0 saturated heterocycles. The van der Waals surface area contributed by atoms with Crippen LogP contribution in [0, 0.1) is 23.7 Å². The predicted octanol–water partition coefficient (Wildman–Crippen LogP) is 2.46. The molecule has 2 amide bonds. The average molecular weight is 486 g/mol. The topological polar surface area (TPSA) is 103 Å². The smallest absolute Gasteiger partial charge is 0.259 e. The summed E-state index contributed by atoms with van der Waals surface area (Å²) < 4.78 is 6.28. The van der Waals surface area contributed by atoms with Gasteiger partial charge in [0.2, 0.25) is 11.8 Å². The first-order valence-corrected chi connectivity index (χ1v) is 12.6. The van der Waals surface area contributed by atoms with Crippen molar-refractivity contribution in [2.45, 2.75) is 77.5 Å². The summed E-state index contributed by atoms with van der Waals surface area (Å²) in [5.74, 6) is 5.60. The Morgan fingerprint density at radius 3 is 2.66 bits per heavy atom. The highest BCUT2D eigenvalue weighted by atomic mass is 16.5. The van der Waals surface area contributed by atoms with Crippen molar-refractivity contribution in [2.24, 2.45) is 11.8 Å². The average Bonchev–Trinajstić information content (AvgIpc) is 2.84. The fourth-order valence-corrected chi connectivity index (χ4v) is 4.63. The number of nitrogens with zero attached hydrogens (tertiary/aromatic N) is 3. The zero-order valence-electron chi connectivity index (χ0n) is 21.6. The van der Waals surface area contributed by atoms with Gasteiger partial charge in [-0.15, -0.1) is 0 Å². The largest absolute Gasteiger partial charge is 0.472 e. The highest BCUT2D eigenvalue weighted by Gasteiger charge is 2.35. The number of rotatable bonds is 5. The number of carbonyl (C=O) groups is 2. The lowest BCUT2D eigenvalue weighted by Gasteiger charge is -2.38. The van der Waals surface area contributed by atoms with Crippen LogP contribution in [0.3, 0.4) is 0 Å². The zero-order valence-corrected chi connectivity index (χ0v) is 21.6. The third kappa shape index (κ3) is 6.96. The van der Waals surface area contributed by atoms with Gasteiger partial charge >= 0.3 is 0 Å². The minimum absolute atomic E-state index is 0.0624. The normalized spacial score (nSPS) is 22.1. The van der Waals surface area contributed by atoms with E-state index >= 15 is 0 Å². The molecule has 0 radical (unpaired) electrons. The Kier molecular flexibility index (Phi) is 8.79. The molecule has 2 aliphatic rings. The first-order valence-electron chi connectivity index (χ1n) is 12.6. The Morgan fingerprint density at radius 2 is 2.03 bits per heavy atom. The molecule has 0 aromatic carbocycles. The van der Waals surface area contributed by atoms with Gasteiger partial charge in [0.05, 0.1) is 19.2 Å². The van der Waals surface area contributed by atoms with Gasteiger partial charge in [0.25, 0.3) is 5.91 Å². The Bertz CT molecular complexity index is 971. The van der Waals surface area contributed by atoms with Crippen molar-refractivity contribution >= 4 is 11.8 Å². The summed E-state index contributed by atoms with van der Waals surface area (Å²) in [4.78, 5) is 34.3. The Balaban J connectivity index is 1.91. The van der Waals surface area contributed by atoms with Gasteiger partial charge in [-0.3, -0.25) is 9.59 Å². The Labute approximate surface area is 208 Å². The van der Waals surface area contributed by atoms with Gasteiger partial charge in [-0.1, -0.05) is 38.0 Å². The fourth-order valence-electron chi connectivity index (χ4n) is 4.63.